The van der Waals surface area contributed by atoms with Gasteiger partial charge in [0.15, 0.2) is 0 Å². The van der Waals surface area contributed by atoms with Gasteiger partial charge in [-0.2, -0.15) is 0 Å². The van der Waals surface area contributed by atoms with Crippen molar-refractivity contribution in [2.24, 2.45) is 0 Å². The van der Waals surface area contributed by atoms with Crippen LogP contribution in [0, 0.1) is 0 Å². The third-order valence-corrected chi connectivity index (χ3v) is 1.48. The summed E-state index contributed by atoms with van der Waals surface area (Å²) in [4.78, 5) is 8.80. The summed E-state index contributed by atoms with van der Waals surface area (Å²) in [5.74, 6) is 0.761. The largest absolute Gasteiger partial charge is 0.396 e. The van der Waals surface area contributed by atoms with Crippen LogP contribution in [-0.4, -0.2) is 21.7 Å². The molecule has 0 saturated heterocycles. The van der Waals surface area contributed by atoms with Gasteiger partial charge >= 0.3 is 0 Å². The van der Waals surface area contributed by atoms with Crippen LogP contribution in [-0.2, 0) is 6.42 Å². The van der Waals surface area contributed by atoms with Crippen LogP contribution in [0.5, 0.6) is 0 Å². The summed E-state index contributed by atoms with van der Waals surface area (Å²) in [6, 6.07) is 0. The molecule has 60 valence electrons. The number of aromatic nitrogens is 2. The number of aliphatic hydroxyl groups excluding tert-OH is 1. The van der Waals surface area contributed by atoms with Crippen molar-refractivity contribution in [3.8, 4) is 0 Å². The Morgan fingerprint density at radius 3 is 2.55 bits per heavy atom. The monoisotopic (exact) mass is 170 g/mol. The van der Waals surface area contributed by atoms with E-state index in [1.165, 1.54) is 0 Å². The molecule has 1 N–H and O–H groups in total. The molecule has 0 aliphatic carbocycles. The lowest BCUT2D eigenvalue weighted by Gasteiger charge is -1.96. The molecule has 0 aliphatic rings. The Morgan fingerprint density at radius 1 is 1.36 bits per heavy atom. The molecule has 1 aromatic rings. The van der Waals surface area contributed by atoms with E-state index in [1.807, 2.05) is 0 Å². The van der Waals surface area contributed by atoms with E-state index in [4.69, 9.17) is 5.11 Å². The van der Waals surface area contributed by atoms with Crippen LogP contribution in [0.3, 0.4) is 0 Å². The standard InChI is InChI=1S/C7H10N2OS/c10-3-1-2-7-8-4-6(11)5-9-7/h4-5,10-11H,1-3H2. The van der Waals surface area contributed by atoms with E-state index in [0.29, 0.717) is 6.42 Å². The third kappa shape index (κ3) is 2.86. The lowest BCUT2D eigenvalue weighted by molar-refractivity contribution is 0.287. The normalized spacial score (nSPS) is 10.0. The maximum atomic E-state index is 8.51. The molecule has 0 fully saturated rings. The summed E-state index contributed by atoms with van der Waals surface area (Å²) < 4.78 is 0. The number of thiol groups is 1. The van der Waals surface area contributed by atoms with Gasteiger partial charge < -0.3 is 5.11 Å². The van der Waals surface area contributed by atoms with E-state index in [2.05, 4.69) is 22.6 Å². The van der Waals surface area contributed by atoms with Gasteiger partial charge in [0, 0.05) is 30.3 Å². The number of hydrogen-bond acceptors (Lipinski definition) is 4. The number of aryl methyl sites for hydroxylation is 1. The molecule has 1 aromatic heterocycles. The fraction of sp³-hybridized carbons (Fsp3) is 0.429. The average Bonchev–Trinajstić information content (AvgIpc) is 2.04. The minimum Gasteiger partial charge on any atom is -0.396 e. The maximum Gasteiger partial charge on any atom is 0.128 e. The zero-order valence-electron chi connectivity index (χ0n) is 6.06. The highest BCUT2D eigenvalue weighted by Crippen LogP contribution is 2.01. The molecule has 0 amide bonds. The summed E-state index contributed by atoms with van der Waals surface area (Å²) in [5.41, 5.74) is 0. The first-order valence-corrected chi connectivity index (χ1v) is 3.88. The van der Waals surface area contributed by atoms with Crippen molar-refractivity contribution >= 4 is 12.6 Å². The van der Waals surface area contributed by atoms with Gasteiger partial charge in [-0.25, -0.2) is 9.97 Å². The minimum absolute atomic E-state index is 0.186. The molecule has 0 unspecified atom stereocenters. The maximum absolute atomic E-state index is 8.51. The van der Waals surface area contributed by atoms with Crippen molar-refractivity contribution in [3.63, 3.8) is 0 Å². The molecular formula is C7H10N2OS. The number of nitrogens with zero attached hydrogens (tertiary/aromatic N) is 2. The van der Waals surface area contributed by atoms with Crippen LogP contribution in [0.4, 0.5) is 0 Å². The lowest BCUT2D eigenvalue weighted by Crippen LogP contribution is -1.95. The van der Waals surface area contributed by atoms with Crippen molar-refractivity contribution < 1.29 is 5.11 Å². The number of hydrogen-bond donors (Lipinski definition) is 2. The van der Waals surface area contributed by atoms with E-state index in [9.17, 15) is 0 Å². The molecule has 11 heavy (non-hydrogen) atoms. The molecule has 0 radical (unpaired) electrons. The zero-order valence-corrected chi connectivity index (χ0v) is 6.96. The van der Waals surface area contributed by atoms with E-state index in [1.54, 1.807) is 12.4 Å². The minimum atomic E-state index is 0.186. The predicted molar refractivity (Wildman–Crippen MR) is 44.7 cm³/mol. The third-order valence-electron chi connectivity index (χ3n) is 1.25. The number of aliphatic hydroxyl groups is 1. The first kappa shape index (κ1) is 8.49. The molecule has 0 aliphatic heterocycles. The van der Waals surface area contributed by atoms with E-state index >= 15 is 0 Å². The highest BCUT2D eigenvalue weighted by atomic mass is 32.1. The Labute approximate surface area is 70.9 Å². The van der Waals surface area contributed by atoms with Crippen LogP contribution in [0.15, 0.2) is 17.3 Å². The Kier molecular flexibility index (Phi) is 3.32. The van der Waals surface area contributed by atoms with Gasteiger partial charge in [-0.3, -0.25) is 0 Å². The van der Waals surface area contributed by atoms with Crippen LogP contribution in [0.2, 0.25) is 0 Å². The second-order valence-corrected chi connectivity index (χ2v) is 2.70. The molecule has 0 saturated carbocycles. The fourth-order valence-corrected chi connectivity index (χ4v) is 0.830. The van der Waals surface area contributed by atoms with Crippen molar-refractivity contribution in [2.75, 3.05) is 6.61 Å². The first-order chi connectivity index (χ1) is 5.33. The van der Waals surface area contributed by atoms with Crippen molar-refractivity contribution in [1.82, 2.24) is 9.97 Å². The van der Waals surface area contributed by atoms with Gasteiger partial charge in [0.1, 0.15) is 5.82 Å². The fourth-order valence-electron chi connectivity index (χ4n) is 0.714. The topological polar surface area (TPSA) is 46.0 Å². The molecular weight excluding hydrogens is 160 g/mol. The second-order valence-electron chi connectivity index (χ2n) is 2.18. The summed E-state index contributed by atoms with van der Waals surface area (Å²) in [6.45, 7) is 0.186. The van der Waals surface area contributed by atoms with Gasteiger partial charge in [-0.05, 0) is 6.42 Å². The Bertz CT molecular complexity index is 212. The van der Waals surface area contributed by atoms with Gasteiger partial charge in [-0.15, -0.1) is 12.6 Å². The molecule has 4 heteroatoms. The molecule has 0 spiro atoms. The van der Waals surface area contributed by atoms with Crippen LogP contribution >= 0.6 is 12.6 Å². The van der Waals surface area contributed by atoms with Crippen molar-refractivity contribution in [1.29, 1.82) is 0 Å². The molecule has 3 nitrogen and oxygen atoms in total. The molecule has 0 aromatic carbocycles. The Hall–Kier alpha value is -0.610. The summed E-state index contributed by atoms with van der Waals surface area (Å²) in [5, 5.41) is 8.51. The van der Waals surface area contributed by atoms with Gasteiger partial charge in [0.05, 0.1) is 0 Å². The molecule has 1 heterocycles. The smallest absolute Gasteiger partial charge is 0.128 e. The van der Waals surface area contributed by atoms with Gasteiger partial charge in [-0.1, -0.05) is 0 Å². The van der Waals surface area contributed by atoms with Crippen molar-refractivity contribution in [3.05, 3.63) is 18.2 Å². The molecule has 1 rings (SSSR count). The van der Waals surface area contributed by atoms with E-state index in [-0.39, 0.29) is 6.61 Å². The lowest BCUT2D eigenvalue weighted by atomic mass is 10.3. The van der Waals surface area contributed by atoms with Gasteiger partial charge in [0.25, 0.3) is 0 Å². The Morgan fingerprint density at radius 2 is 2.00 bits per heavy atom. The predicted octanol–water partition coefficient (Wildman–Crippen LogP) is 0.690. The highest BCUT2D eigenvalue weighted by Gasteiger charge is 1.94. The average molecular weight is 170 g/mol. The summed E-state index contributed by atoms with van der Waals surface area (Å²) in [6.07, 6.45) is 4.75. The van der Waals surface area contributed by atoms with Crippen molar-refractivity contribution in [2.45, 2.75) is 17.7 Å². The Balaban J connectivity index is 2.52. The number of rotatable bonds is 3. The summed E-state index contributed by atoms with van der Waals surface area (Å²) >= 11 is 4.05. The highest BCUT2D eigenvalue weighted by molar-refractivity contribution is 7.80. The van der Waals surface area contributed by atoms with E-state index in [0.717, 1.165) is 17.1 Å². The second kappa shape index (κ2) is 4.31. The van der Waals surface area contributed by atoms with Gasteiger partial charge in [0.2, 0.25) is 0 Å². The van der Waals surface area contributed by atoms with E-state index < -0.39 is 0 Å². The van der Waals surface area contributed by atoms with Crippen LogP contribution in [0.25, 0.3) is 0 Å². The SMILES string of the molecule is OCCCc1ncc(S)cn1. The quantitative estimate of drug-likeness (QED) is 0.656. The first-order valence-electron chi connectivity index (χ1n) is 3.43. The van der Waals surface area contributed by atoms with Crippen LogP contribution < -0.4 is 0 Å². The molecule has 0 bridgehead atoms. The molecule has 0 atom stereocenters. The summed E-state index contributed by atoms with van der Waals surface area (Å²) in [7, 11) is 0. The van der Waals surface area contributed by atoms with Crippen LogP contribution in [0.1, 0.15) is 12.2 Å². The zero-order chi connectivity index (χ0) is 8.10.